The Morgan fingerprint density at radius 3 is 2.92 bits per heavy atom. The van der Waals surface area contributed by atoms with Gasteiger partial charge >= 0.3 is 6.03 Å². The summed E-state index contributed by atoms with van der Waals surface area (Å²) < 4.78 is 16.0. The molecule has 0 aliphatic carbocycles. The summed E-state index contributed by atoms with van der Waals surface area (Å²) in [5, 5.41) is 7.14. The molecule has 0 spiro atoms. The van der Waals surface area contributed by atoms with Crippen LogP contribution in [0.5, 0.6) is 0 Å². The van der Waals surface area contributed by atoms with Gasteiger partial charge in [0.05, 0.1) is 17.8 Å². The number of urea groups is 1. The third-order valence-electron chi connectivity index (χ3n) is 5.31. The van der Waals surface area contributed by atoms with Gasteiger partial charge in [-0.15, -0.1) is 0 Å². The Hall–Kier alpha value is -2.57. The Kier molecular flexibility index (Phi) is 3.49. The Bertz CT molecular complexity index is 828. The van der Waals surface area contributed by atoms with Gasteiger partial charge in [-0.3, -0.25) is 10.00 Å². The number of benzene rings is 1. The zero-order valence-corrected chi connectivity index (χ0v) is 14.7. The van der Waals surface area contributed by atoms with Crippen LogP contribution in [0.3, 0.4) is 0 Å². The van der Waals surface area contributed by atoms with Crippen LogP contribution < -0.4 is 10.2 Å². The van der Waals surface area contributed by atoms with Gasteiger partial charge in [0.2, 0.25) is 0 Å². The third kappa shape index (κ3) is 2.54. The van der Waals surface area contributed by atoms with Crippen LogP contribution in [0.15, 0.2) is 24.4 Å². The number of hydrogen-bond donors (Lipinski definition) is 1. The SMILES string of the molecule is Cc1cccc(F)c1N1CCC(C)(N2Cc3cn(C)nc3NC2=O)C1. The summed E-state index contributed by atoms with van der Waals surface area (Å²) in [5.74, 6) is 0.425. The molecule has 6 nitrogen and oxygen atoms in total. The zero-order chi connectivity index (χ0) is 17.8. The van der Waals surface area contributed by atoms with E-state index in [1.54, 1.807) is 10.7 Å². The molecule has 4 rings (SSSR count). The van der Waals surface area contributed by atoms with Crippen molar-refractivity contribution in [2.24, 2.45) is 7.05 Å². The lowest BCUT2D eigenvalue weighted by atomic mass is 9.97. The van der Waals surface area contributed by atoms with E-state index >= 15 is 0 Å². The highest BCUT2D eigenvalue weighted by Gasteiger charge is 2.44. The Balaban J connectivity index is 1.60. The van der Waals surface area contributed by atoms with Crippen LogP contribution in [-0.4, -0.2) is 39.3 Å². The van der Waals surface area contributed by atoms with E-state index in [2.05, 4.69) is 22.2 Å². The highest BCUT2D eigenvalue weighted by Crippen LogP contribution is 2.37. The van der Waals surface area contributed by atoms with Crippen molar-refractivity contribution in [2.75, 3.05) is 23.3 Å². The van der Waals surface area contributed by atoms with Crippen LogP contribution in [0.2, 0.25) is 0 Å². The van der Waals surface area contributed by atoms with Crippen LogP contribution in [-0.2, 0) is 13.6 Å². The number of nitrogens with one attached hydrogen (secondary N) is 1. The average Bonchev–Trinajstić information content (AvgIpc) is 3.09. The van der Waals surface area contributed by atoms with Gasteiger partial charge < -0.3 is 9.80 Å². The van der Waals surface area contributed by atoms with Crippen LogP contribution in [0, 0.1) is 12.7 Å². The molecule has 1 aromatic carbocycles. The van der Waals surface area contributed by atoms with E-state index in [1.807, 2.05) is 31.1 Å². The first-order chi connectivity index (χ1) is 11.9. The van der Waals surface area contributed by atoms with Crippen molar-refractivity contribution >= 4 is 17.5 Å². The van der Waals surface area contributed by atoms with Gasteiger partial charge in [-0.25, -0.2) is 9.18 Å². The molecular formula is C18H22FN5O. The second-order valence-corrected chi connectivity index (χ2v) is 7.27. The average molecular weight is 343 g/mol. The maximum atomic E-state index is 14.3. The lowest BCUT2D eigenvalue weighted by Gasteiger charge is -2.40. The molecule has 2 aliphatic rings. The number of carbonyl (C=O) groups excluding carboxylic acids is 1. The molecule has 7 heteroatoms. The maximum Gasteiger partial charge on any atom is 0.323 e. The van der Waals surface area contributed by atoms with Crippen LogP contribution in [0.1, 0.15) is 24.5 Å². The monoisotopic (exact) mass is 343 g/mol. The summed E-state index contributed by atoms with van der Waals surface area (Å²) in [6.07, 6.45) is 2.72. The normalized spacial score (nSPS) is 23.0. The molecule has 2 aromatic rings. The minimum absolute atomic E-state index is 0.138. The Labute approximate surface area is 146 Å². The van der Waals surface area contributed by atoms with Gasteiger partial charge in [0, 0.05) is 31.9 Å². The number of amides is 2. The van der Waals surface area contributed by atoms with Crippen molar-refractivity contribution < 1.29 is 9.18 Å². The van der Waals surface area contributed by atoms with Gasteiger partial charge in [0.1, 0.15) is 5.82 Å². The molecular weight excluding hydrogens is 321 g/mol. The molecule has 1 aromatic heterocycles. The van der Waals surface area contributed by atoms with Gasteiger partial charge in [0.25, 0.3) is 0 Å². The minimum Gasteiger partial charge on any atom is -0.367 e. The second kappa shape index (κ2) is 5.47. The molecule has 25 heavy (non-hydrogen) atoms. The molecule has 1 unspecified atom stereocenters. The quantitative estimate of drug-likeness (QED) is 0.912. The predicted molar refractivity (Wildman–Crippen MR) is 94.1 cm³/mol. The van der Waals surface area contributed by atoms with E-state index in [-0.39, 0.29) is 17.4 Å². The fourth-order valence-electron chi connectivity index (χ4n) is 3.99. The molecule has 1 atom stereocenters. The zero-order valence-electron chi connectivity index (χ0n) is 14.7. The number of para-hydroxylation sites is 1. The molecule has 1 saturated heterocycles. The van der Waals surface area contributed by atoms with Crippen molar-refractivity contribution in [2.45, 2.75) is 32.4 Å². The minimum atomic E-state index is -0.355. The summed E-state index contributed by atoms with van der Waals surface area (Å²) in [6.45, 7) is 5.85. The van der Waals surface area contributed by atoms with E-state index in [1.165, 1.54) is 6.07 Å². The fourth-order valence-corrected chi connectivity index (χ4v) is 3.99. The molecule has 2 amide bonds. The fraction of sp³-hybridized carbons (Fsp3) is 0.444. The Morgan fingerprint density at radius 1 is 1.36 bits per heavy atom. The first-order valence-corrected chi connectivity index (χ1v) is 8.48. The van der Waals surface area contributed by atoms with E-state index in [0.29, 0.717) is 24.6 Å². The lowest BCUT2D eigenvalue weighted by molar-refractivity contribution is 0.138. The summed E-state index contributed by atoms with van der Waals surface area (Å²) >= 11 is 0. The molecule has 0 saturated carbocycles. The highest BCUT2D eigenvalue weighted by molar-refractivity contribution is 5.91. The van der Waals surface area contributed by atoms with Gasteiger partial charge in [0.15, 0.2) is 5.82 Å². The summed E-state index contributed by atoms with van der Waals surface area (Å²) in [4.78, 5) is 16.5. The summed E-state index contributed by atoms with van der Waals surface area (Å²) in [7, 11) is 1.84. The molecule has 1 fully saturated rings. The third-order valence-corrected chi connectivity index (χ3v) is 5.31. The van der Waals surface area contributed by atoms with E-state index < -0.39 is 0 Å². The van der Waals surface area contributed by atoms with Crippen molar-refractivity contribution in [1.29, 1.82) is 0 Å². The van der Waals surface area contributed by atoms with Crippen molar-refractivity contribution in [1.82, 2.24) is 14.7 Å². The molecule has 1 N–H and O–H groups in total. The number of rotatable bonds is 2. The number of hydrogen-bond acceptors (Lipinski definition) is 3. The number of aromatic nitrogens is 2. The van der Waals surface area contributed by atoms with Gasteiger partial charge in [-0.2, -0.15) is 5.10 Å². The van der Waals surface area contributed by atoms with Crippen LogP contribution in [0.25, 0.3) is 0 Å². The summed E-state index contributed by atoms with van der Waals surface area (Å²) in [5.41, 5.74) is 2.21. The summed E-state index contributed by atoms with van der Waals surface area (Å²) in [6, 6.07) is 5.00. The first-order valence-electron chi connectivity index (χ1n) is 8.48. The van der Waals surface area contributed by atoms with E-state index in [9.17, 15) is 9.18 Å². The number of carbonyl (C=O) groups is 1. The van der Waals surface area contributed by atoms with E-state index in [0.717, 1.165) is 24.1 Å². The topological polar surface area (TPSA) is 53.4 Å². The molecule has 3 heterocycles. The van der Waals surface area contributed by atoms with Gasteiger partial charge in [-0.1, -0.05) is 12.1 Å². The standard InChI is InChI=1S/C18H22FN5O/c1-12-5-4-6-14(19)15(12)23-8-7-18(2,11-23)24-10-13-9-22(3)21-16(13)20-17(24)25/h4-6,9H,7-8,10-11H2,1-3H3,(H,20,21,25). The smallest absolute Gasteiger partial charge is 0.323 e. The van der Waals surface area contributed by atoms with E-state index in [4.69, 9.17) is 0 Å². The van der Waals surface area contributed by atoms with Gasteiger partial charge in [-0.05, 0) is 31.9 Å². The molecule has 0 radical (unpaired) electrons. The highest BCUT2D eigenvalue weighted by atomic mass is 19.1. The molecule has 0 bridgehead atoms. The Morgan fingerprint density at radius 2 is 2.16 bits per heavy atom. The predicted octanol–water partition coefficient (Wildman–Crippen LogP) is 2.88. The maximum absolute atomic E-state index is 14.3. The van der Waals surface area contributed by atoms with Crippen molar-refractivity contribution in [3.63, 3.8) is 0 Å². The number of nitrogens with zero attached hydrogens (tertiary/aromatic N) is 4. The number of aryl methyl sites for hydroxylation is 2. The van der Waals surface area contributed by atoms with Crippen molar-refractivity contribution in [3.05, 3.63) is 41.3 Å². The lowest BCUT2D eigenvalue weighted by Crippen LogP contribution is -2.54. The van der Waals surface area contributed by atoms with Crippen molar-refractivity contribution in [3.8, 4) is 0 Å². The van der Waals surface area contributed by atoms with Crippen LogP contribution in [0.4, 0.5) is 20.7 Å². The number of anilines is 2. The largest absolute Gasteiger partial charge is 0.367 e. The number of fused-ring (bicyclic) bond motifs is 1. The number of halogens is 1. The first kappa shape index (κ1) is 15.9. The second-order valence-electron chi connectivity index (χ2n) is 7.27. The van der Waals surface area contributed by atoms with Crippen LogP contribution >= 0.6 is 0 Å². The molecule has 2 aliphatic heterocycles. The molecule has 132 valence electrons.